The molecule has 0 saturated carbocycles. The summed E-state index contributed by atoms with van der Waals surface area (Å²) in [6.45, 7) is 0. The third kappa shape index (κ3) is 3.49. The molecule has 0 radical (unpaired) electrons. The summed E-state index contributed by atoms with van der Waals surface area (Å²) >= 11 is 5.92. The molecule has 1 aromatic heterocycles. The molecule has 0 fully saturated rings. The number of aliphatic hydroxyl groups is 1. The first kappa shape index (κ1) is 14.8. The first-order valence-electron chi connectivity index (χ1n) is 5.81. The molecule has 2 aromatic rings. The van der Waals surface area contributed by atoms with E-state index in [0.717, 1.165) is 12.1 Å². The van der Waals surface area contributed by atoms with Gasteiger partial charge < -0.3 is 5.11 Å². The molecule has 106 valence electrons. The van der Waals surface area contributed by atoms with Gasteiger partial charge in [0, 0.05) is 18.8 Å². The molecule has 0 amide bonds. The number of hydrogen-bond acceptors (Lipinski definition) is 2. The maximum atomic E-state index is 12.4. The molecule has 1 heterocycles. The van der Waals surface area contributed by atoms with Gasteiger partial charge in [0.15, 0.2) is 0 Å². The summed E-state index contributed by atoms with van der Waals surface area (Å²) in [6.07, 6.45) is -2.08. The van der Waals surface area contributed by atoms with E-state index in [1.54, 1.807) is 12.3 Å². The Morgan fingerprint density at radius 1 is 1.15 bits per heavy atom. The second-order valence-electron chi connectivity index (χ2n) is 4.31. The minimum absolute atomic E-state index is 0.215. The molecule has 20 heavy (non-hydrogen) atoms. The van der Waals surface area contributed by atoms with Gasteiger partial charge in [-0.25, -0.2) is 0 Å². The van der Waals surface area contributed by atoms with Gasteiger partial charge in [0.25, 0.3) is 0 Å². The monoisotopic (exact) mass is 301 g/mol. The Labute approximate surface area is 118 Å². The van der Waals surface area contributed by atoms with E-state index in [2.05, 4.69) is 4.98 Å². The maximum absolute atomic E-state index is 12.4. The summed E-state index contributed by atoms with van der Waals surface area (Å²) in [7, 11) is 0. The Morgan fingerprint density at radius 2 is 1.80 bits per heavy atom. The van der Waals surface area contributed by atoms with Crippen molar-refractivity contribution >= 4 is 11.6 Å². The summed E-state index contributed by atoms with van der Waals surface area (Å²) in [4.78, 5) is 3.83. The van der Waals surface area contributed by atoms with E-state index in [4.69, 9.17) is 11.6 Å². The molecule has 0 aliphatic rings. The second kappa shape index (κ2) is 5.81. The quantitative estimate of drug-likeness (QED) is 0.928. The molecule has 2 rings (SSSR count). The number of nitrogens with zero attached hydrogens (tertiary/aromatic N) is 1. The van der Waals surface area contributed by atoms with Crippen LogP contribution in [0.3, 0.4) is 0 Å². The van der Waals surface area contributed by atoms with Gasteiger partial charge in [0.1, 0.15) is 0 Å². The zero-order valence-corrected chi connectivity index (χ0v) is 11.0. The summed E-state index contributed by atoms with van der Waals surface area (Å²) < 4.78 is 37.3. The highest BCUT2D eigenvalue weighted by atomic mass is 35.5. The number of benzene rings is 1. The van der Waals surface area contributed by atoms with Crippen molar-refractivity contribution in [3.63, 3.8) is 0 Å². The van der Waals surface area contributed by atoms with Gasteiger partial charge in [0.2, 0.25) is 0 Å². The standard InChI is InChI=1S/C14H11ClF3NO/c15-12-8-19-6-5-10(12)7-13(20)9-1-3-11(4-2-9)14(16,17)18/h1-6,8,13,20H,7H2. The van der Waals surface area contributed by atoms with Crippen LogP contribution in [-0.2, 0) is 12.6 Å². The first-order chi connectivity index (χ1) is 9.38. The van der Waals surface area contributed by atoms with Crippen LogP contribution in [0.1, 0.15) is 22.8 Å². The topological polar surface area (TPSA) is 33.1 Å². The molecule has 1 N–H and O–H groups in total. The number of pyridine rings is 1. The fourth-order valence-electron chi connectivity index (χ4n) is 1.79. The van der Waals surface area contributed by atoms with Crippen LogP contribution in [0.4, 0.5) is 13.2 Å². The largest absolute Gasteiger partial charge is 0.416 e. The van der Waals surface area contributed by atoms with Gasteiger partial charge in [-0.15, -0.1) is 0 Å². The van der Waals surface area contributed by atoms with Crippen LogP contribution in [0, 0.1) is 0 Å². The van der Waals surface area contributed by atoms with Crippen LogP contribution in [0.15, 0.2) is 42.7 Å². The van der Waals surface area contributed by atoms with Crippen molar-refractivity contribution in [1.82, 2.24) is 4.98 Å². The molecule has 1 atom stereocenters. The van der Waals surface area contributed by atoms with Crippen LogP contribution in [0.25, 0.3) is 0 Å². The van der Waals surface area contributed by atoms with Gasteiger partial charge in [-0.1, -0.05) is 23.7 Å². The molecule has 0 aliphatic heterocycles. The molecule has 0 spiro atoms. The Hall–Kier alpha value is -1.59. The van der Waals surface area contributed by atoms with Crippen LogP contribution in [0.5, 0.6) is 0 Å². The normalized spacial score (nSPS) is 13.2. The van der Waals surface area contributed by atoms with Crippen molar-refractivity contribution in [2.45, 2.75) is 18.7 Å². The predicted molar refractivity (Wildman–Crippen MR) is 69.4 cm³/mol. The van der Waals surface area contributed by atoms with Crippen molar-refractivity contribution in [1.29, 1.82) is 0 Å². The fourth-order valence-corrected chi connectivity index (χ4v) is 1.99. The Morgan fingerprint density at radius 3 is 2.35 bits per heavy atom. The van der Waals surface area contributed by atoms with Crippen LogP contribution >= 0.6 is 11.6 Å². The van der Waals surface area contributed by atoms with Gasteiger partial charge in [-0.05, 0) is 29.3 Å². The highest BCUT2D eigenvalue weighted by Gasteiger charge is 2.30. The van der Waals surface area contributed by atoms with Crippen molar-refractivity contribution in [2.75, 3.05) is 0 Å². The van der Waals surface area contributed by atoms with Crippen molar-refractivity contribution in [2.24, 2.45) is 0 Å². The Balaban J connectivity index is 2.14. The Kier molecular flexibility index (Phi) is 4.30. The number of hydrogen-bond donors (Lipinski definition) is 1. The van der Waals surface area contributed by atoms with Crippen LogP contribution in [-0.4, -0.2) is 10.1 Å². The van der Waals surface area contributed by atoms with Gasteiger partial charge >= 0.3 is 6.18 Å². The Bertz CT molecular complexity index is 584. The molecular weight excluding hydrogens is 291 g/mol. The number of rotatable bonds is 3. The third-order valence-electron chi connectivity index (χ3n) is 2.89. The predicted octanol–water partition coefficient (Wildman–Crippen LogP) is 4.03. The molecule has 2 nitrogen and oxygen atoms in total. The average Bonchev–Trinajstić information content (AvgIpc) is 2.40. The molecule has 0 saturated heterocycles. The smallest absolute Gasteiger partial charge is 0.388 e. The van der Waals surface area contributed by atoms with Gasteiger partial charge in [-0.3, -0.25) is 4.98 Å². The van der Waals surface area contributed by atoms with Gasteiger partial charge in [0.05, 0.1) is 16.7 Å². The van der Waals surface area contributed by atoms with E-state index in [0.29, 0.717) is 16.1 Å². The third-order valence-corrected chi connectivity index (χ3v) is 3.23. The summed E-state index contributed by atoms with van der Waals surface area (Å²) in [5.74, 6) is 0. The lowest BCUT2D eigenvalue weighted by Crippen LogP contribution is -2.06. The lowest BCUT2D eigenvalue weighted by atomic mass is 10.0. The van der Waals surface area contributed by atoms with Crippen molar-refractivity contribution in [3.8, 4) is 0 Å². The summed E-state index contributed by atoms with van der Waals surface area (Å²) in [5, 5.41) is 10.4. The van der Waals surface area contributed by atoms with Crippen molar-refractivity contribution in [3.05, 3.63) is 64.4 Å². The molecule has 1 unspecified atom stereocenters. The van der Waals surface area contributed by atoms with Crippen LogP contribution < -0.4 is 0 Å². The van der Waals surface area contributed by atoms with E-state index < -0.39 is 17.8 Å². The van der Waals surface area contributed by atoms with E-state index in [1.165, 1.54) is 18.3 Å². The van der Waals surface area contributed by atoms with Gasteiger partial charge in [-0.2, -0.15) is 13.2 Å². The van der Waals surface area contributed by atoms with E-state index >= 15 is 0 Å². The zero-order valence-electron chi connectivity index (χ0n) is 10.2. The molecule has 1 aromatic carbocycles. The SMILES string of the molecule is OC(Cc1ccncc1Cl)c1ccc(C(F)(F)F)cc1. The van der Waals surface area contributed by atoms with E-state index in [1.807, 2.05) is 0 Å². The summed E-state index contributed by atoms with van der Waals surface area (Å²) in [5.41, 5.74) is 0.357. The molecule has 0 bridgehead atoms. The number of alkyl halides is 3. The fraction of sp³-hybridized carbons (Fsp3) is 0.214. The summed E-state index contributed by atoms with van der Waals surface area (Å²) in [6, 6.07) is 6.10. The van der Waals surface area contributed by atoms with Crippen LogP contribution in [0.2, 0.25) is 5.02 Å². The average molecular weight is 302 g/mol. The number of aromatic nitrogens is 1. The molecule has 6 heteroatoms. The lowest BCUT2D eigenvalue weighted by Gasteiger charge is -2.13. The van der Waals surface area contributed by atoms with Crippen molar-refractivity contribution < 1.29 is 18.3 Å². The van der Waals surface area contributed by atoms with E-state index in [-0.39, 0.29) is 6.42 Å². The minimum atomic E-state index is -4.38. The molecular formula is C14H11ClF3NO. The highest BCUT2D eigenvalue weighted by Crippen LogP contribution is 2.30. The maximum Gasteiger partial charge on any atom is 0.416 e. The lowest BCUT2D eigenvalue weighted by molar-refractivity contribution is -0.137. The number of halogens is 4. The second-order valence-corrected chi connectivity index (χ2v) is 4.71. The number of aliphatic hydroxyl groups excluding tert-OH is 1. The zero-order chi connectivity index (χ0) is 14.8. The minimum Gasteiger partial charge on any atom is -0.388 e. The highest BCUT2D eigenvalue weighted by molar-refractivity contribution is 6.31. The first-order valence-corrected chi connectivity index (χ1v) is 6.19. The molecule has 0 aliphatic carbocycles. The van der Waals surface area contributed by atoms with E-state index in [9.17, 15) is 18.3 Å².